The van der Waals surface area contributed by atoms with Crippen LogP contribution in [0.1, 0.15) is 6.42 Å². The highest BCUT2D eigenvalue weighted by atomic mass is 32.2. The first-order valence-electron chi connectivity index (χ1n) is 7.27. The number of benzene rings is 1. The molecule has 3 rings (SSSR count). The molecule has 0 aliphatic carbocycles. The van der Waals surface area contributed by atoms with E-state index in [4.69, 9.17) is 0 Å². The Morgan fingerprint density at radius 1 is 1.17 bits per heavy atom. The quantitative estimate of drug-likeness (QED) is 0.672. The molecule has 24 heavy (non-hydrogen) atoms. The molecular weight excluding hydrogens is 335 g/mol. The van der Waals surface area contributed by atoms with Gasteiger partial charge in [0.05, 0.1) is 4.90 Å². The molecule has 9 heteroatoms. The van der Waals surface area contributed by atoms with Gasteiger partial charge in [0.2, 0.25) is 10.0 Å². The predicted octanol–water partition coefficient (Wildman–Crippen LogP) is 1.00. The van der Waals surface area contributed by atoms with Crippen LogP contribution in [0, 0.1) is 5.82 Å². The summed E-state index contributed by atoms with van der Waals surface area (Å²) in [6.45, 7) is 0.380. The van der Waals surface area contributed by atoms with E-state index in [-0.39, 0.29) is 23.7 Å². The van der Waals surface area contributed by atoms with E-state index in [0.29, 0.717) is 12.1 Å². The zero-order valence-corrected chi connectivity index (χ0v) is 13.4. The van der Waals surface area contributed by atoms with E-state index in [1.807, 2.05) is 0 Å². The molecule has 1 N–H and O–H groups in total. The summed E-state index contributed by atoms with van der Waals surface area (Å²) >= 11 is 0. The van der Waals surface area contributed by atoms with Crippen molar-refractivity contribution < 1.29 is 12.8 Å². The average Bonchev–Trinajstić information content (AvgIpc) is 2.88. The van der Waals surface area contributed by atoms with Crippen LogP contribution in [0.3, 0.4) is 0 Å². The number of sulfonamides is 1. The van der Waals surface area contributed by atoms with Crippen LogP contribution in [-0.4, -0.2) is 29.1 Å². The van der Waals surface area contributed by atoms with Crippen LogP contribution in [0.2, 0.25) is 0 Å². The summed E-state index contributed by atoms with van der Waals surface area (Å²) < 4.78 is 42.3. The maximum absolute atomic E-state index is 13.1. The zero-order valence-electron chi connectivity index (χ0n) is 12.6. The van der Waals surface area contributed by atoms with E-state index in [1.54, 1.807) is 24.4 Å². The van der Waals surface area contributed by atoms with Crippen molar-refractivity contribution >= 4 is 15.7 Å². The molecule has 0 unspecified atom stereocenters. The number of aromatic nitrogens is 3. The number of hydrogen-bond donors (Lipinski definition) is 1. The third kappa shape index (κ3) is 3.36. The Morgan fingerprint density at radius 3 is 2.75 bits per heavy atom. The second kappa shape index (κ2) is 6.54. The molecule has 1 aromatic carbocycles. The van der Waals surface area contributed by atoms with Gasteiger partial charge in [0.15, 0.2) is 5.65 Å². The van der Waals surface area contributed by atoms with Gasteiger partial charge in [-0.1, -0.05) is 12.1 Å². The number of hydrogen-bond acceptors (Lipinski definition) is 4. The van der Waals surface area contributed by atoms with Crippen LogP contribution in [0.15, 0.2) is 58.4 Å². The first-order valence-corrected chi connectivity index (χ1v) is 8.75. The second-order valence-electron chi connectivity index (χ2n) is 5.14. The molecule has 0 fully saturated rings. The summed E-state index contributed by atoms with van der Waals surface area (Å²) in [5.41, 5.74) is 0.251. The van der Waals surface area contributed by atoms with Crippen molar-refractivity contribution in [2.75, 3.05) is 6.54 Å². The van der Waals surface area contributed by atoms with Crippen LogP contribution in [-0.2, 0) is 16.6 Å². The molecule has 7 nitrogen and oxygen atoms in total. The number of rotatable bonds is 6. The SMILES string of the molecule is O=c1n(CCCNS(=O)(=O)c2cccc(F)c2)nc2ccccn12. The molecular formula is C15H15FN4O3S. The van der Waals surface area contributed by atoms with E-state index in [9.17, 15) is 17.6 Å². The van der Waals surface area contributed by atoms with E-state index < -0.39 is 15.8 Å². The third-order valence-electron chi connectivity index (χ3n) is 3.43. The minimum absolute atomic E-state index is 0.110. The van der Waals surface area contributed by atoms with Crippen molar-refractivity contribution in [1.29, 1.82) is 0 Å². The van der Waals surface area contributed by atoms with Gasteiger partial charge in [0.25, 0.3) is 0 Å². The van der Waals surface area contributed by atoms with Crippen LogP contribution in [0.5, 0.6) is 0 Å². The smallest absolute Gasteiger partial charge is 0.250 e. The van der Waals surface area contributed by atoms with E-state index in [1.165, 1.54) is 27.3 Å². The van der Waals surface area contributed by atoms with Crippen LogP contribution >= 0.6 is 0 Å². The number of halogens is 1. The largest absolute Gasteiger partial charge is 0.350 e. The number of aryl methyl sites for hydroxylation is 1. The topological polar surface area (TPSA) is 85.5 Å². The molecule has 126 valence electrons. The van der Waals surface area contributed by atoms with E-state index >= 15 is 0 Å². The monoisotopic (exact) mass is 350 g/mol. The molecule has 0 atom stereocenters. The van der Waals surface area contributed by atoms with Gasteiger partial charge in [-0.2, -0.15) is 0 Å². The van der Waals surface area contributed by atoms with Crippen LogP contribution in [0.25, 0.3) is 5.65 Å². The fourth-order valence-electron chi connectivity index (χ4n) is 2.27. The molecule has 0 radical (unpaired) electrons. The molecule has 0 bridgehead atoms. The summed E-state index contributed by atoms with van der Waals surface area (Å²) in [5, 5.41) is 4.16. The first-order chi connectivity index (χ1) is 11.5. The lowest BCUT2D eigenvalue weighted by molar-refractivity contribution is 0.542. The highest BCUT2D eigenvalue weighted by Crippen LogP contribution is 2.10. The van der Waals surface area contributed by atoms with Gasteiger partial charge >= 0.3 is 5.69 Å². The minimum Gasteiger partial charge on any atom is -0.250 e. The Balaban J connectivity index is 1.62. The molecule has 0 aliphatic rings. The molecule has 0 saturated heterocycles. The van der Waals surface area contributed by atoms with Gasteiger partial charge in [-0.15, -0.1) is 5.10 Å². The fourth-order valence-corrected chi connectivity index (χ4v) is 3.37. The Labute approximate surface area is 137 Å². The molecule has 0 saturated carbocycles. The lowest BCUT2D eigenvalue weighted by atomic mass is 10.4. The number of fused-ring (bicyclic) bond motifs is 1. The Morgan fingerprint density at radius 2 is 2.00 bits per heavy atom. The summed E-state index contributed by atoms with van der Waals surface area (Å²) in [6.07, 6.45) is 1.99. The lowest BCUT2D eigenvalue weighted by Crippen LogP contribution is -2.27. The number of nitrogens with one attached hydrogen (secondary N) is 1. The Bertz CT molecular complexity index is 1030. The van der Waals surface area contributed by atoms with Crippen LogP contribution < -0.4 is 10.4 Å². The normalized spacial score (nSPS) is 11.9. The number of nitrogens with zero attached hydrogens (tertiary/aromatic N) is 3. The Kier molecular flexibility index (Phi) is 4.45. The van der Waals surface area contributed by atoms with Gasteiger partial charge in [-0.05, 0) is 36.8 Å². The molecule has 0 spiro atoms. The maximum Gasteiger partial charge on any atom is 0.350 e. The summed E-state index contributed by atoms with van der Waals surface area (Å²) in [6, 6.07) is 10.00. The molecule has 0 aliphatic heterocycles. The molecule has 2 aromatic heterocycles. The highest BCUT2D eigenvalue weighted by Gasteiger charge is 2.14. The summed E-state index contributed by atoms with van der Waals surface area (Å²) in [7, 11) is -3.77. The maximum atomic E-state index is 13.1. The number of pyridine rings is 1. The zero-order chi connectivity index (χ0) is 17.2. The average molecular weight is 350 g/mol. The van der Waals surface area contributed by atoms with Crippen molar-refractivity contribution in [2.24, 2.45) is 0 Å². The summed E-state index contributed by atoms with van der Waals surface area (Å²) in [4.78, 5) is 11.9. The summed E-state index contributed by atoms with van der Waals surface area (Å²) in [5.74, 6) is -0.617. The van der Waals surface area contributed by atoms with Crippen molar-refractivity contribution in [3.8, 4) is 0 Å². The van der Waals surface area contributed by atoms with E-state index in [0.717, 1.165) is 6.07 Å². The van der Waals surface area contributed by atoms with Crippen molar-refractivity contribution in [3.63, 3.8) is 0 Å². The second-order valence-corrected chi connectivity index (χ2v) is 6.91. The first kappa shape index (κ1) is 16.3. The van der Waals surface area contributed by atoms with Gasteiger partial charge in [-0.25, -0.2) is 27.0 Å². The van der Waals surface area contributed by atoms with Crippen molar-refractivity contribution in [2.45, 2.75) is 17.9 Å². The minimum atomic E-state index is -3.77. The van der Waals surface area contributed by atoms with Crippen molar-refractivity contribution in [3.05, 3.63) is 65.0 Å². The standard InChI is InChI=1S/C15H15FN4O3S/c16-12-5-3-6-13(11-12)24(22,23)17-8-4-10-20-15(21)19-9-2-1-7-14(19)18-20/h1-3,5-7,9,11,17H,4,8,10H2. The van der Waals surface area contributed by atoms with Gasteiger partial charge in [-0.3, -0.25) is 4.40 Å². The van der Waals surface area contributed by atoms with Crippen molar-refractivity contribution in [1.82, 2.24) is 18.9 Å². The molecule has 2 heterocycles. The molecule has 3 aromatic rings. The molecule has 0 amide bonds. The highest BCUT2D eigenvalue weighted by molar-refractivity contribution is 7.89. The fraction of sp³-hybridized carbons (Fsp3) is 0.200. The van der Waals surface area contributed by atoms with Crippen LogP contribution in [0.4, 0.5) is 4.39 Å². The lowest BCUT2D eigenvalue weighted by Gasteiger charge is -2.06. The Hall–Kier alpha value is -2.52. The van der Waals surface area contributed by atoms with Gasteiger partial charge < -0.3 is 0 Å². The predicted molar refractivity (Wildman–Crippen MR) is 85.7 cm³/mol. The van der Waals surface area contributed by atoms with Gasteiger partial charge in [0.1, 0.15) is 5.82 Å². The van der Waals surface area contributed by atoms with E-state index in [2.05, 4.69) is 9.82 Å². The van der Waals surface area contributed by atoms with Gasteiger partial charge in [0, 0.05) is 19.3 Å². The third-order valence-corrected chi connectivity index (χ3v) is 4.89.